The molecule has 2 aromatic carbocycles. The van der Waals surface area contributed by atoms with Crippen LogP contribution in [0.1, 0.15) is 0 Å². The van der Waals surface area contributed by atoms with Crippen LogP contribution in [0.3, 0.4) is 0 Å². The standard InChI is InChI=1S/C19H20IN3O2/c20-16-2-1-3-17(13-16)23-19-5-4-18(12-15(19)14-21-23)25-11-8-22-6-9-24-10-7-22/h1-5,12-14H,6-11H2. The van der Waals surface area contributed by atoms with Gasteiger partial charge in [0.15, 0.2) is 0 Å². The lowest BCUT2D eigenvalue weighted by atomic mass is 10.2. The molecule has 0 aliphatic carbocycles. The second-order valence-electron chi connectivity index (χ2n) is 6.06. The van der Waals surface area contributed by atoms with Crippen LogP contribution in [-0.4, -0.2) is 54.1 Å². The van der Waals surface area contributed by atoms with Gasteiger partial charge in [0, 0.05) is 28.6 Å². The summed E-state index contributed by atoms with van der Waals surface area (Å²) in [5, 5.41) is 5.62. The molecule has 2 heterocycles. The number of nitrogens with zero attached hydrogens (tertiary/aromatic N) is 3. The summed E-state index contributed by atoms with van der Waals surface area (Å²) in [4.78, 5) is 2.37. The van der Waals surface area contributed by atoms with Crippen LogP contribution in [0.2, 0.25) is 0 Å². The van der Waals surface area contributed by atoms with E-state index >= 15 is 0 Å². The average molecular weight is 449 g/mol. The maximum absolute atomic E-state index is 5.93. The second kappa shape index (κ2) is 7.72. The molecule has 1 aliphatic rings. The Balaban J connectivity index is 1.46. The third kappa shape index (κ3) is 3.96. The van der Waals surface area contributed by atoms with E-state index < -0.39 is 0 Å². The molecule has 0 atom stereocenters. The number of hydrogen-bond acceptors (Lipinski definition) is 4. The maximum Gasteiger partial charge on any atom is 0.120 e. The van der Waals surface area contributed by atoms with Crippen molar-refractivity contribution in [3.8, 4) is 11.4 Å². The zero-order valence-electron chi connectivity index (χ0n) is 13.9. The fourth-order valence-corrected chi connectivity index (χ4v) is 3.56. The lowest BCUT2D eigenvalue weighted by molar-refractivity contribution is 0.0322. The van der Waals surface area contributed by atoms with Crippen molar-refractivity contribution < 1.29 is 9.47 Å². The highest BCUT2D eigenvalue weighted by atomic mass is 127. The van der Waals surface area contributed by atoms with Crippen LogP contribution in [0.25, 0.3) is 16.6 Å². The van der Waals surface area contributed by atoms with Crippen molar-refractivity contribution in [2.45, 2.75) is 0 Å². The number of ether oxygens (including phenoxy) is 2. The maximum atomic E-state index is 5.93. The second-order valence-corrected chi connectivity index (χ2v) is 7.30. The molecule has 0 bridgehead atoms. The fraction of sp³-hybridized carbons (Fsp3) is 0.316. The molecule has 0 radical (unpaired) electrons. The molecule has 0 unspecified atom stereocenters. The average Bonchev–Trinajstić information content (AvgIpc) is 3.06. The van der Waals surface area contributed by atoms with E-state index in [0.29, 0.717) is 6.61 Å². The zero-order valence-corrected chi connectivity index (χ0v) is 16.1. The van der Waals surface area contributed by atoms with Gasteiger partial charge in [0.1, 0.15) is 12.4 Å². The highest BCUT2D eigenvalue weighted by Crippen LogP contribution is 2.24. The summed E-state index contributed by atoms with van der Waals surface area (Å²) in [7, 11) is 0. The minimum Gasteiger partial charge on any atom is -0.492 e. The Morgan fingerprint density at radius 2 is 2.00 bits per heavy atom. The first kappa shape index (κ1) is 16.8. The molecule has 130 valence electrons. The summed E-state index contributed by atoms with van der Waals surface area (Å²) < 4.78 is 14.5. The monoisotopic (exact) mass is 449 g/mol. The number of halogens is 1. The van der Waals surface area contributed by atoms with Gasteiger partial charge < -0.3 is 9.47 Å². The molecule has 4 rings (SSSR count). The van der Waals surface area contributed by atoms with E-state index in [1.165, 1.54) is 3.57 Å². The van der Waals surface area contributed by atoms with Gasteiger partial charge in [-0.05, 0) is 59.0 Å². The normalized spacial score (nSPS) is 15.6. The number of fused-ring (bicyclic) bond motifs is 1. The molecule has 0 saturated carbocycles. The minimum absolute atomic E-state index is 0.691. The van der Waals surface area contributed by atoms with Gasteiger partial charge in [0.2, 0.25) is 0 Å². The number of benzene rings is 2. The lowest BCUT2D eigenvalue weighted by Crippen LogP contribution is -2.38. The Kier molecular flexibility index (Phi) is 5.19. The van der Waals surface area contributed by atoms with Crippen LogP contribution >= 0.6 is 22.6 Å². The summed E-state index contributed by atoms with van der Waals surface area (Å²) in [6, 6.07) is 14.5. The molecule has 0 amide bonds. The van der Waals surface area contributed by atoms with Crippen molar-refractivity contribution in [2.24, 2.45) is 0 Å². The van der Waals surface area contributed by atoms with Gasteiger partial charge in [-0.1, -0.05) is 6.07 Å². The van der Waals surface area contributed by atoms with E-state index in [0.717, 1.165) is 55.2 Å². The van der Waals surface area contributed by atoms with Crippen molar-refractivity contribution in [3.63, 3.8) is 0 Å². The van der Waals surface area contributed by atoms with Crippen molar-refractivity contribution >= 4 is 33.5 Å². The molecule has 0 spiro atoms. The SMILES string of the molecule is Ic1cccc(-n2ncc3cc(OCCN4CCOCC4)ccc32)c1. The predicted molar refractivity (Wildman–Crippen MR) is 107 cm³/mol. The largest absolute Gasteiger partial charge is 0.492 e. The number of rotatable bonds is 5. The van der Waals surface area contributed by atoms with Crippen LogP contribution in [0.15, 0.2) is 48.7 Å². The lowest BCUT2D eigenvalue weighted by Gasteiger charge is -2.26. The smallest absolute Gasteiger partial charge is 0.120 e. The molecule has 5 nitrogen and oxygen atoms in total. The van der Waals surface area contributed by atoms with Crippen LogP contribution in [0.4, 0.5) is 0 Å². The van der Waals surface area contributed by atoms with E-state index in [2.05, 4.69) is 62.9 Å². The molecule has 1 fully saturated rings. The highest BCUT2D eigenvalue weighted by Gasteiger charge is 2.10. The van der Waals surface area contributed by atoms with Crippen molar-refractivity contribution in [1.29, 1.82) is 0 Å². The molecular weight excluding hydrogens is 429 g/mol. The van der Waals surface area contributed by atoms with E-state index in [9.17, 15) is 0 Å². The van der Waals surface area contributed by atoms with Gasteiger partial charge in [0.25, 0.3) is 0 Å². The predicted octanol–water partition coefficient (Wildman–Crippen LogP) is 3.34. The summed E-state index contributed by atoms with van der Waals surface area (Å²) in [6.07, 6.45) is 1.89. The van der Waals surface area contributed by atoms with Crippen LogP contribution < -0.4 is 4.74 Å². The number of morpholine rings is 1. The molecule has 1 aromatic heterocycles. The fourth-order valence-electron chi connectivity index (χ4n) is 3.03. The molecule has 25 heavy (non-hydrogen) atoms. The molecule has 1 saturated heterocycles. The summed E-state index contributed by atoms with van der Waals surface area (Å²) in [5.74, 6) is 0.892. The van der Waals surface area contributed by atoms with E-state index in [1.807, 2.05) is 23.0 Å². The molecule has 3 aromatic rings. The third-order valence-electron chi connectivity index (χ3n) is 4.37. The van der Waals surface area contributed by atoms with Crippen LogP contribution in [0.5, 0.6) is 5.75 Å². The Hall–Kier alpha value is -1.64. The van der Waals surface area contributed by atoms with Gasteiger partial charge in [-0.15, -0.1) is 0 Å². The van der Waals surface area contributed by atoms with Gasteiger partial charge in [-0.2, -0.15) is 5.10 Å². The molecule has 0 N–H and O–H groups in total. The molecular formula is C19H20IN3O2. The third-order valence-corrected chi connectivity index (χ3v) is 5.04. The highest BCUT2D eigenvalue weighted by molar-refractivity contribution is 14.1. The minimum atomic E-state index is 0.691. The van der Waals surface area contributed by atoms with Gasteiger partial charge in [-0.25, -0.2) is 4.68 Å². The number of hydrogen-bond donors (Lipinski definition) is 0. The zero-order chi connectivity index (χ0) is 17.1. The van der Waals surface area contributed by atoms with Gasteiger partial charge in [-0.3, -0.25) is 4.90 Å². The first-order chi connectivity index (χ1) is 12.3. The van der Waals surface area contributed by atoms with Gasteiger partial charge >= 0.3 is 0 Å². The summed E-state index contributed by atoms with van der Waals surface area (Å²) in [5.41, 5.74) is 2.16. The van der Waals surface area contributed by atoms with Crippen LogP contribution in [-0.2, 0) is 4.74 Å². The first-order valence-corrected chi connectivity index (χ1v) is 9.54. The Morgan fingerprint density at radius 1 is 1.12 bits per heavy atom. The molecule has 1 aliphatic heterocycles. The molecule has 6 heteroatoms. The van der Waals surface area contributed by atoms with Crippen LogP contribution in [0, 0.1) is 3.57 Å². The summed E-state index contributed by atoms with van der Waals surface area (Å²) >= 11 is 2.32. The number of aromatic nitrogens is 2. The first-order valence-electron chi connectivity index (χ1n) is 8.46. The Bertz CT molecular complexity index is 859. The van der Waals surface area contributed by atoms with E-state index in [4.69, 9.17) is 9.47 Å². The van der Waals surface area contributed by atoms with E-state index in [1.54, 1.807) is 0 Å². The van der Waals surface area contributed by atoms with E-state index in [-0.39, 0.29) is 0 Å². The van der Waals surface area contributed by atoms with Crippen molar-refractivity contribution in [1.82, 2.24) is 14.7 Å². The topological polar surface area (TPSA) is 39.5 Å². The Morgan fingerprint density at radius 3 is 2.84 bits per heavy atom. The Labute approximate surface area is 160 Å². The van der Waals surface area contributed by atoms with Crippen molar-refractivity contribution in [3.05, 3.63) is 52.2 Å². The quantitative estimate of drug-likeness (QED) is 0.561. The van der Waals surface area contributed by atoms with Crippen molar-refractivity contribution in [2.75, 3.05) is 39.5 Å². The summed E-state index contributed by atoms with van der Waals surface area (Å²) in [6.45, 7) is 5.25. The van der Waals surface area contributed by atoms with Gasteiger partial charge in [0.05, 0.1) is 30.6 Å².